The molecule has 1 amide bonds. The van der Waals surface area contributed by atoms with Gasteiger partial charge in [-0.1, -0.05) is 23.7 Å². The molecule has 1 atom stereocenters. The largest absolute Gasteiger partial charge is 0.444 e. The van der Waals surface area contributed by atoms with Crippen LogP contribution in [0.15, 0.2) is 40.9 Å². The molecule has 1 unspecified atom stereocenters. The van der Waals surface area contributed by atoms with Gasteiger partial charge in [-0.25, -0.2) is 4.79 Å². The van der Waals surface area contributed by atoms with E-state index in [2.05, 4.69) is 11.0 Å². The van der Waals surface area contributed by atoms with Gasteiger partial charge in [0.25, 0.3) is 10.1 Å². The van der Waals surface area contributed by atoms with E-state index < -0.39 is 15.7 Å². The van der Waals surface area contributed by atoms with Crippen LogP contribution in [0.3, 0.4) is 0 Å². The maximum absolute atomic E-state index is 12.6. The van der Waals surface area contributed by atoms with Gasteiger partial charge >= 0.3 is 6.09 Å². The number of hydrogen-bond donors (Lipinski definition) is 0. The lowest BCUT2D eigenvalue weighted by molar-refractivity contribution is 0.0129. The summed E-state index contributed by atoms with van der Waals surface area (Å²) < 4.78 is 34.2. The van der Waals surface area contributed by atoms with Crippen LogP contribution in [-0.4, -0.2) is 81.2 Å². The van der Waals surface area contributed by atoms with Gasteiger partial charge in [0, 0.05) is 37.7 Å². The number of rotatable bonds is 4. The molecule has 0 N–H and O–H groups in total. The molecule has 1 saturated heterocycles. The second-order valence-electron chi connectivity index (χ2n) is 9.99. The molecule has 4 rings (SSSR count). The smallest absolute Gasteiger partial charge is 0.410 e. The minimum absolute atomic E-state index is 0.0874. The highest BCUT2D eigenvalue weighted by atomic mass is 35.5. The number of piperazine rings is 1. The Morgan fingerprint density at radius 1 is 1.20 bits per heavy atom. The third-order valence-corrected chi connectivity index (χ3v) is 6.86. The Kier molecular flexibility index (Phi) is 7.43. The molecule has 0 saturated carbocycles. The minimum atomic E-state index is -3.62. The molecule has 190 valence electrons. The fourth-order valence-electron chi connectivity index (χ4n) is 4.58. The lowest BCUT2D eigenvalue weighted by Crippen LogP contribution is -2.52. The van der Waals surface area contributed by atoms with Gasteiger partial charge < -0.3 is 9.64 Å². The molecule has 1 aromatic carbocycles. The normalized spacial score (nSPS) is 21.2. The van der Waals surface area contributed by atoms with E-state index in [1.807, 2.05) is 45.0 Å². The number of amides is 1. The molecule has 2 heterocycles. The number of benzene rings is 1. The average Bonchev–Trinajstić information content (AvgIpc) is 2.90. The zero-order valence-corrected chi connectivity index (χ0v) is 22.2. The van der Waals surface area contributed by atoms with Gasteiger partial charge in [0.1, 0.15) is 5.60 Å². The van der Waals surface area contributed by atoms with Gasteiger partial charge in [-0.3, -0.25) is 14.1 Å². The quantitative estimate of drug-likeness (QED) is 0.555. The van der Waals surface area contributed by atoms with E-state index >= 15 is 0 Å². The molecule has 8 nitrogen and oxygen atoms in total. The van der Waals surface area contributed by atoms with Gasteiger partial charge in [-0.15, -0.1) is 0 Å². The Hall–Kier alpha value is -2.20. The monoisotopic (exact) mass is 521 g/mol. The zero-order chi connectivity index (χ0) is 25.4. The number of fused-ring (bicyclic) bond motifs is 2. The van der Waals surface area contributed by atoms with Crippen molar-refractivity contribution >= 4 is 39.1 Å². The summed E-state index contributed by atoms with van der Waals surface area (Å²) in [6.45, 7) is 8.57. The Labute approximate surface area is 212 Å². The first-order chi connectivity index (χ1) is 16.4. The molecule has 1 fully saturated rings. The molecule has 0 aromatic heterocycles. The lowest BCUT2D eigenvalue weighted by atomic mass is 9.92. The molecule has 0 radical (unpaired) electrons. The molecule has 35 heavy (non-hydrogen) atoms. The van der Waals surface area contributed by atoms with Gasteiger partial charge in [0.05, 0.1) is 24.6 Å². The topological polar surface area (TPSA) is 88.5 Å². The van der Waals surface area contributed by atoms with Crippen LogP contribution in [0.5, 0.6) is 0 Å². The van der Waals surface area contributed by atoms with Gasteiger partial charge in [0.2, 0.25) is 0 Å². The summed E-state index contributed by atoms with van der Waals surface area (Å²) in [5, 5.41) is 0.559. The first-order valence-electron chi connectivity index (χ1n) is 11.7. The second-order valence-corrected chi connectivity index (χ2v) is 12.1. The molecule has 2 aliphatic heterocycles. The molecule has 1 aromatic rings. The number of ether oxygens (including phenoxy) is 1. The molecule has 0 spiro atoms. The van der Waals surface area contributed by atoms with Crippen LogP contribution in [0.2, 0.25) is 5.02 Å². The van der Waals surface area contributed by atoms with Crippen molar-refractivity contribution in [1.29, 1.82) is 0 Å². The van der Waals surface area contributed by atoms with Crippen LogP contribution in [0.1, 0.15) is 44.4 Å². The van der Waals surface area contributed by atoms with Gasteiger partial charge in [-0.2, -0.15) is 8.42 Å². The van der Waals surface area contributed by atoms with Crippen molar-refractivity contribution in [2.75, 3.05) is 45.6 Å². The maximum Gasteiger partial charge on any atom is 0.410 e. The van der Waals surface area contributed by atoms with Crippen LogP contribution in [-0.2, 0) is 19.0 Å². The summed E-state index contributed by atoms with van der Waals surface area (Å²) in [7, 11) is -3.62. The number of carbonyl (C=O) groups is 1. The number of halogens is 1. The van der Waals surface area contributed by atoms with Crippen molar-refractivity contribution in [3.63, 3.8) is 0 Å². The molecule has 0 bridgehead atoms. The second kappa shape index (κ2) is 10.0. The predicted molar refractivity (Wildman–Crippen MR) is 137 cm³/mol. The molecule has 3 aliphatic rings. The summed E-state index contributed by atoms with van der Waals surface area (Å²) in [4.78, 5) is 21.5. The van der Waals surface area contributed by atoms with Crippen LogP contribution in [0.25, 0.3) is 5.57 Å². The Balaban J connectivity index is 1.66. The van der Waals surface area contributed by atoms with Crippen LogP contribution >= 0.6 is 11.6 Å². The first-order valence-corrected chi connectivity index (χ1v) is 13.9. The minimum Gasteiger partial charge on any atom is -0.444 e. The van der Waals surface area contributed by atoms with Crippen LogP contribution in [0, 0.1) is 0 Å². The first kappa shape index (κ1) is 25.9. The van der Waals surface area contributed by atoms with E-state index in [-0.39, 0.29) is 18.7 Å². The maximum atomic E-state index is 12.6. The Morgan fingerprint density at radius 2 is 1.91 bits per heavy atom. The fraction of sp³-hybridized carbons (Fsp3) is 0.520. The number of carbonyl (C=O) groups excluding carboxylic acids is 1. The van der Waals surface area contributed by atoms with Crippen LogP contribution < -0.4 is 0 Å². The van der Waals surface area contributed by atoms with Gasteiger partial charge in [-0.05, 0) is 67.7 Å². The number of hydrogen-bond acceptors (Lipinski definition) is 7. The average molecular weight is 522 g/mol. The van der Waals surface area contributed by atoms with E-state index in [1.54, 1.807) is 4.90 Å². The van der Waals surface area contributed by atoms with E-state index in [0.717, 1.165) is 40.7 Å². The van der Waals surface area contributed by atoms with Crippen molar-refractivity contribution in [2.45, 2.75) is 38.8 Å². The predicted octanol–water partition coefficient (Wildman–Crippen LogP) is 4.08. The number of dihydropyridines is 1. The standard InChI is InChI=1S/C25H32ClN3O5S/c1-25(2,3)34-24(30)29-12-10-28(11-13-29)23-20-8-7-19(26)15-21(20)18(16-33-35(4,31)32)14-17-6-5-9-27-22(17)23/h6-8,14-15,23H,5,9-13,16H2,1-4H3. The summed E-state index contributed by atoms with van der Waals surface area (Å²) in [6, 6.07) is 5.53. The summed E-state index contributed by atoms with van der Waals surface area (Å²) >= 11 is 6.38. The summed E-state index contributed by atoms with van der Waals surface area (Å²) in [6.07, 6.45) is 5.66. The van der Waals surface area contributed by atoms with Crippen molar-refractivity contribution in [2.24, 2.45) is 4.99 Å². The summed E-state index contributed by atoms with van der Waals surface area (Å²) in [5.41, 5.74) is 3.95. The third kappa shape index (κ3) is 6.33. The van der Waals surface area contributed by atoms with E-state index in [0.29, 0.717) is 37.7 Å². The summed E-state index contributed by atoms with van der Waals surface area (Å²) in [5.74, 6) is 0. The van der Waals surface area contributed by atoms with E-state index in [4.69, 9.17) is 25.5 Å². The third-order valence-electron chi connectivity index (χ3n) is 6.08. The molecule has 1 aliphatic carbocycles. The highest BCUT2D eigenvalue weighted by molar-refractivity contribution is 7.86. The molecular formula is C25H32ClN3O5S. The lowest BCUT2D eigenvalue weighted by Gasteiger charge is -2.40. The number of nitrogens with zero attached hydrogens (tertiary/aromatic N) is 3. The SMILES string of the molecule is CC(C)(C)OC(=O)N1CCN(C2C3=NCCC=C3C=C(COS(C)(=O)=O)c3cc(Cl)ccc32)CC1. The highest BCUT2D eigenvalue weighted by Crippen LogP contribution is 2.39. The van der Waals surface area contributed by atoms with Crippen molar-refractivity contribution < 1.29 is 22.1 Å². The Morgan fingerprint density at radius 3 is 2.57 bits per heavy atom. The van der Waals surface area contributed by atoms with Crippen molar-refractivity contribution in [3.05, 3.63) is 52.1 Å². The van der Waals surface area contributed by atoms with E-state index in [9.17, 15) is 13.2 Å². The fourth-order valence-corrected chi connectivity index (χ4v) is 5.10. The van der Waals surface area contributed by atoms with Crippen LogP contribution in [0.4, 0.5) is 4.79 Å². The van der Waals surface area contributed by atoms with Crippen molar-refractivity contribution in [3.8, 4) is 0 Å². The van der Waals surface area contributed by atoms with Gasteiger partial charge in [0.15, 0.2) is 0 Å². The highest BCUT2D eigenvalue weighted by Gasteiger charge is 2.36. The Bertz CT molecular complexity index is 1190. The number of allylic oxidation sites excluding steroid dienone is 1. The van der Waals surface area contributed by atoms with E-state index in [1.165, 1.54) is 0 Å². The molecular weight excluding hydrogens is 490 g/mol. The zero-order valence-electron chi connectivity index (χ0n) is 20.6. The number of aliphatic imine (C=N–C) groups is 1. The molecule has 10 heteroatoms. The van der Waals surface area contributed by atoms with Crippen molar-refractivity contribution in [1.82, 2.24) is 9.80 Å².